The Labute approximate surface area is 111 Å². The van der Waals surface area contributed by atoms with Crippen LogP contribution in [-0.2, 0) is 18.6 Å². The number of ether oxygens (including phenoxy) is 2. The second-order valence-electron chi connectivity index (χ2n) is 4.06. The van der Waals surface area contributed by atoms with Crippen LogP contribution in [0.1, 0.15) is 40.0 Å². The first-order valence-corrected chi connectivity index (χ1v) is 8.69. The van der Waals surface area contributed by atoms with Crippen molar-refractivity contribution in [2.75, 3.05) is 32.5 Å². The van der Waals surface area contributed by atoms with Gasteiger partial charge < -0.3 is 19.7 Å². The van der Waals surface area contributed by atoms with Crippen LogP contribution in [0.5, 0.6) is 0 Å². The first kappa shape index (κ1) is 18.1. The maximum atomic E-state index is 12.8. The number of nitrogens with two attached hydrogens (primary N) is 1. The predicted octanol–water partition coefficient (Wildman–Crippen LogP) is 2.79. The van der Waals surface area contributed by atoms with Crippen molar-refractivity contribution < 1.29 is 18.6 Å². The van der Waals surface area contributed by atoms with E-state index in [1.54, 1.807) is 0 Å². The molecule has 6 heteroatoms. The Bertz CT molecular complexity index is 230. The van der Waals surface area contributed by atoms with Crippen molar-refractivity contribution in [2.24, 2.45) is 5.73 Å². The summed E-state index contributed by atoms with van der Waals surface area (Å²) in [4.78, 5) is 0. The van der Waals surface area contributed by atoms with Gasteiger partial charge in [-0.25, -0.2) is 0 Å². The van der Waals surface area contributed by atoms with Crippen molar-refractivity contribution in [1.29, 1.82) is 0 Å². The molecule has 1 unspecified atom stereocenters. The summed E-state index contributed by atoms with van der Waals surface area (Å²) < 4.78 is 29.3. The molecule has 18 heavy (non-hydrogen) atoms. The van der Waals surface area contributed by atoms with Crippen LogP contribution in [0.2, 0.25) is 0 Å². The number of rotatable bonds is 12. The summed E-state index contributed by atoms with van der Waals surface area (Å²) in [5, 5.41) is 0. The lowest BCUT2D eigenvalue weighted by atomic mass is 10.5. The molecule has 0 aromatic rings. The topological polar surface area (TPSA) is 70.8 Å². The van der Waals surface area contributed by atoms with E-state index in [1.807, 2.05) is 20.8 Å². The predicted molar refractivity (Wildman–Crippen MR) is 74.0 cm³/mol. The van der Waals surface area contributed by atoms with E-state index in [0.717, 1.165) is 12.8 Å². The monoisotopic (exact) mass is 281 g/mol. The van der Waals surface area contributed by atoms with Crippen LogP contribution in [0.3, 0.4) is 0 Å². The highest BCUT2D eigenvalue weighted by Crippen LogP contribution is 2.53. The van der Waals surface area contributed by atoms with Gasteiger partial charge in [-0.3, -0.25) is 4.57 Å². The molecule has 0 aliphatic carbocycles. The molecule has 0 aromatic carbocycles. The molecule has 0 fully saturated rings. The first-order valence-electron chi connectivity index (χ1n) is 6.81. The molecule has 2 N–H and O–H groups in total. The van der Waals surface area contributed by atoms with Gasteiger partial charge in [-0.05, 0) is 32.7 Å². The molecule has 0 rings (SSSR count). The lowest BCUT2D eigenvalue weighted by molar-refractivity contribution is -0.0962. The van der Waals surface area contributed by atoms with E-state index in [-0.39, 0.29) is 0 Å². The van der Waals surface area contributed by atoms with E-state index in [1.165, 1.54) is 0 Å². The molecule has 0 saturated heterocycles. The molecule has 0 radical (unpaired) electrons. The summed E-state index contributed by atoms with van der Waals surface area (Å²) in [6.07, 6.45) is 2.78. The van der Waals surface area contributed by atoms with Gasteiger partial charge in [-0.15, -0.1) is 0 Å². The number of hydrogen-bond acceptors (Lipinski definition) is 5. The minimum atomic E-state index is -2.93. The van der Waals surface area contributed by atoms with Crippen molar-refractivity contribution in [3.05, 3.63) is 0 Å². The summed E-state index contributed by atoms with van der Waals surface area (Å²) in [6, 6.07) is -0.746. The SMILES string of the molecule is CCCOC(OCCC)P(=O)(CCCN)OCC. The summed E-state index contributed by atoms with van der Waals surface area (Å²) in [7, 11) is -2.93. The van der Waals surface area contributed by atoms with Crippen molar-refractivity contribution in [3.8, 4) is 0 Å². The van der Waals surface area contributed by atoms with Crippen molar-refractivity contribution in [1.82, 2.24) is 0 Å². The maximum absolute atomic E-state index is 12.8. The van der Waals surface area contributed by atoms with E-state index < -0.39 is 13.4 Å². The smallest absolute Gasteiger partial charge is 0.257 e. The fraction of sp³-hybridized carbons (Fsp3) is 1.00. The van der Waals surface area contributed by atoms with Gasteiger partial charge in [0.2, 0.25) is 6.03 Å². The Morgan fingerprint density at radius 1 is 1.11 bits per heavy atom. The molecule has 0 amide bonds. The average molecular weight is 281 g/mol. The third-order valence-electron chi connectivity index (χ3n) is 2.27. The zero-order valence-corrected chi connectivity index (χ0v) is 12.8. The van der Waals surface area contributed by atoms with Gasteiger partial charge in [0.05, 0.1) is 19.8 Å². The summed E-state index contributed by atoms with van der Waals surface area (Å²) in [5.74, 6) is 0. The van der Waals surface area contributed by atoms with Crippen molar-refractivity contribution in [2.45, 2.75) is 46.1 Å². The highest BCUT2D eigenvalue weighted by Gasteiger charge is 2.35. The molecule has 110 valence electrons. The van der Waals surface area contributed by atoms with Gasteiger partial charge in [0.1, 0.15) is 0 Å². The Hall–Kier alpha value is 0.0700. The molecule has 0 aliphatic rings. The highest BCUT2D eigenvalue weighted by atomic mass is 31.2. The Morgan fingerprint density at radius 2 is 1.67 bits per heavy atom. The first-order chi connectivity index (χ1) is 8.64. The second-order valence-corrected chi connectivity index (χ2v) is 6.64. The third-order valence-corrected chi connectivity index (χ3v) is 4.85. The normalized spacial score (nSPS) is 14.9. The van der Waals surface area contributed by atoms with Gasteiger partial charge in [0.25, 0.3) is 7.37 Å². The zero-order valence-electron chi connectivity index (χ0n) is 11.9. The summed E-state index contributed by atoms with van der Waals surface area (Å²) in [6.45, 7) is 7.76. The van der Waals surface area contributed by atoms with Gasteiger partial charge in [0.15, 0.2) is 0 Å². The van der Waals surface area contributed by atoms with E-state index in [4.69, 9.17) is 19.7 Å². The molecular weight excluding hydrogens is 253 g/mol. The largest absolute Gasteiger partial charge is 0.344 e. The Balaban J connectivity index is 4.64. The minimum absolute atomic E-state index is 0.392. The average Bonchev–Trinajstić information content (AvgIpc) is 2.37. The van der Waals surface area contributed by atoms with Gasteiger partial charge in [-0.2, -0.15) is 0 Å². The van der Waals surface area contributed by atoms with E-state index >= 15 is 0 Å². The Morgan fingerprint density at radius 3 is 2.06 bits per heavy atom. The van der Waals surface area contributed by atoms with Crippen molar-refractivity contribution >= 4 is 7.37 Å². The van der Waals surface area contributed by atoms with Crippen LogP contribution in [0, 0.1) is 0 Å². The quantitative estimate of drug-likeness (QED) is 0.440. The van der Waals surface area contributed by atoms with Gasteiger partial charge in [-0.1, -0.05) is 13.8 Å². The van der Waals surface area contributed by atoms with Gasteiger partial charge >= 0.3 is 0 Å². The maximum Gasteiger partial charge on any atom is 0.257 e. The highest BCUT2D eigenvalue weighted by molar-refractivity contribution is 7.59. The summed E-state index contributed by atoms with van der Waals surface area (Å²) in [5.41, 5.74) is 5.47. The lowest BCUT2D eigenvalue weighted by Gasteiger charge is -2.27. The number of hydrogen-bond donors (Lipinski definition) is 1. The van der Waals surface area contributed by atoms with Crippen molar-refractivity contribution in [3.63, 3.8) is 0 Å². The molecule has 5 nitrogen and oxygen atoms in total. The molecule has 1 atom stereocenters. The van der Waals surface area contributed by atoms with Crippen LogP contribution < -0.4 is 5.73 Å². The van der Waals surface area contributed by atoms with E-state index in [0.29, 0.717) is 38.9 Å². The molecule has 0 aromatic heterocycles. The van der Waals surface area contributed by atoms with Crippen LogP contribution in [0.25, 0.3) is 0 Å². The molecule has 0 bridgehead atoms. The zero-order chi connectivity index (χ0) is 13.9. The molecule has 0 spiro atoms. The third kappa shape index (κ3) is 6.86. The standard InChI is InChI=1S/C12H28NO4P/c1-4-9-15-12(16-10-5-2)18(14,17-6-3)11-7-8-13/h12H,4-11,13H2,1-3H3. The molecule has 0 heterocycles. The molecular formula is C12H28NO4P. The van der Waals surface area contributed by atoms with E-state index in [9.17, 15) is 4.57 Å². The van der Waals surface area contributed by atoms with Gasteiger partial charge in [0, 0.05) is 6.16 Å². The Kier molecular flexibility index (Phi) is 11.0. The van der Waals surface area contributed by atoms with E-state index in [2.05, 4.69) is 0 Å². The van der Waals surface area contributed by atoms with Crippen LogP contribution in [0.4, 0.5) is 0 Å². The molecule has 0 saturated carbocycles. The van der Waals surface area contributed by atoms with Crippen LogP contribution >= 0.6 is 7.37 Å². The summed E-state index contributed by atoms with van der Waals surface area (Å²) >= 11 is 0. The lowest BCUT2D eigenvalue weighted by Crippen LogP contribution is -2.22. The molecule has 0 aliphatic heterocycles. The van der Waals surface area contributed by atoms with Crippen LogP contribution in [-0.4, -0.2) is 38.6 Å². The second kappa shape index (κ2) is 10.9. The fourth-order valence-electron chi connectivity index (χ4n) is 1.47. The fourth-order valence-corrected chi connectivity index (χ4v) is 3.66. The van der Waals surface area contributed by atoms with Crippen LogP contribution in [0.15, 0.2) is 0 Å². The minimum Gasteiger partial charge on any atom is -0.344 e.